The Hall–Kier alpha value is -1.31. The van der Waals surface area contributed by atoms with Crippen LogP contribution in [0, 0.1) is 0 Å². The summed E-state index contributed by atoms with van der Waals surface area (Å²) in [5.74, 6) is 0.702. The van der Waals surface area contributed by atoms with Gasteiger partial charge in [-0.3, -0.25) is 0 Å². The zero-order valence-electron chi connectivity index (χ0n) is 13.1. The molecule has 0 saturated carbocycles. The first-order chi connectivity index (χ1) is 10.4. The van der Waals surface area contributed by atoms with Crippen LogP contribution >= 0.6 is 0 Å². The van der Waals surface area contributed by atoms with E-state index < -0.39 is 10.0 Å². The van der Waals surface area contributed by atoms with E-state index in [9.17, 15) is 8.42 Å². The van der Waals surface area contributed by atoms with Crippen molar-refractivity contribution in [3.05, 3.63) is 18.2 Å². The third-order valence-corrected chi connectivity index (χ3v) is 5.87. The number of fused-ring (bicyclic) bond motifs is 1. The summed E-state index contributed by atoms with van der Waals surface area (Å²) < 4.78 is 33.0. The van der Waals surface area contributed by atoms with E-state index in [1.807, 2.05) is 13.8 Å². The molecule has 1 aromatic carbocycles. The van der Waals surface area contributed by atoms with Crippen LogP contribution in [0.15, 0.2) is 23.1 Å². The van der Waals surface area contributed by atoms with Crippen molar-refractivity contribution in [2.45, 2.75) is 30.8 Å². The maximum Gasteiger partial charge on any atom is 0.243 e. The number of nitrogens with one attached hydrogen (secondary N) is 2. The molecule has 0 radical (unpaired) electrons. The summed E-state index contributed by atoms with van der Waals surface area (Å²) in [6, 6.07) is 5.06. The fourth-order valence-electron chi connectivity index (χ4n) is 2.75. The third-order valence-electron chi connectivity index (χ3n) is 3.98. The summed E-state index contributed by atoms with van der Waals surface area (Å²) in [6.45, 7) is 7.27. The van der Waals surface area contributed by atoms with Crippen LogP contribution in [0.4, 0.5) is 5.69 Å². The van der Waals surface area contributed by atoms with Crippen molar-refractivity contribution in [2.75, 3.05) is 38.0 Å². The zero-order chi connectivity index (χ0) is 15.8. The number of sulfonamides is 1. The predicted octanol–water partition coefficient (Wildman–Crippen LogP) is 1.25. The molecule has 0 amide bonds. The average Bonchev–Trinajstić information content (AvgIpc) is 2.75. The molecule has 0 atom stereocenters. The molecule has 0 aliphatic carbocycles. The Bertz CT molecular complexity index is 650. The van der Waals surface area contributed by atoms with Crippen LogP contribution in [0.2, 0.25) is 0 Å². The molecule has 1 fully saturated rings. The van der Waals surface area contributed by atoms with Crippen LogP contribution in [0.5, 0.6) is 5.75 Å². The molecule has 0 aromatic heterocycles. The van der Waals surface area contributed by atoms with E-state index in [2.05, 4.69) is 10.6 Å². The van der Waals surface area contributed by atoms with Gasteiger partial charge < -0.3 is 15.4 Å². The van der Waals surface area contributed by atoms with Gasteiger partial charge in [-0.15, -0.1) is 0 Å². The molecule has 2 N–H and O–H groups in total. The molecule has 1 saturated heterocycles. The molecule has 22 heavy (non-hydrogen) atoms. The van der Waals surface area contributed by atoms with Gasteiger partial charge in [-0.1, -0.05) is 0 Å². The van der Waals surface area contributed by atoms with Gasteiger partial charge in [0.2, 0.25) is 10.0 Å². The Morgan fingerprint density at radius 1 is 1.23 bits per heavy atom. The fourth-order valence-corrected chi connectivity index (χ4v) is 4.25. The number of ether oxygens (including phenoxy) is 1. The van der Waals surface area contributed by atoms with Crippen molar-refractivity contribution in [1.29, 1.82) is 0 Å². The smallest absolute Gasteiger partial charge is 0.243 e. The van der Waals surface area contributed by atoms with E-state index in [0.717, 1.165) is 18.7 Å². The molecule has 6 nitrogen and oxygen atoms in total. The third kappa shape index (κ3) is 3.06. The molecule has 0 spiro atoms. The number of benzene rings is 1. The Kier molecular flexibility index (Phi) is 4.05. The highest BCUT2D eigenvalue weighted by molar-refractivity contribution is 7.89. The summed E-state index contributed by atoms with van der Waals surface area (Å²) in [4.78, 5) is 0.323. The summed E-state index contributed by atoms with van der Waals surface area (Å²) in [7, 11) is -3.45. The summed E-state index contributed by atoms with van der Waals surface area (Å²) >= 11 is 0. The minimum atomic E-state index is -3.45. The maximum absolute atomic E-state index is 12.8. The molecule has 0 bridgehead atoms. The molecule has 2 aliphatic heterocycles. The first-order valence-corrected chi connectivity index (χ1v) is 9.10. The van der Waals surface area contributed by atoms with Gasteiger partial charge in [0.25, 0.3) is 0 Å². The van der Waals surface area contributed by atoms with Crippen molar-refractivity contribution >= 4 is 15.7 Å². The first kappa shape index (κ1) is 15.6. The van der Waals surface area contributed by atoms with Crippen molar-refractivity contribution in [3.63, 3.8) is 0 Å². The van der Waals surface area contributed by atoms with Crippen LogP contribution in [-0.2, 0) is 10.0 Å². The fraction of sp³-hybridized carbons (Fsp3) is 0.600. The summed E-state index contributed by atoms with van der Waals surface area (Å²) in [5, 5.41) is 6.48. The predicted molar refractivity (Wildman–Crippen MR) is 85.9 cm³/mol. The standard InChI is InChI=1S/C15H23N3O3S/c1-15(2)11-17-13-10-12(4-5-14(13)21-15)22(19,20)18-8-3-6-16-7-9-18/h4-5,10,16-17H,3,6-9,11H2,1-2H3. The molecular formula is C15H23N3O3S. The van der Waals surface area contributed by atoms with Crippen LogP contribution in [0.3, 0.4) is 0 Å². The van der Waals surface area contributed by atoms with E-state index in [4.69, 9.17) is 4.74 Å². The number of anilines is 1. The molecule has 122 valence electrons. The van der Waals surface area contributed by atoms with Crippen LogP contribution in [0.25, 0.3) is 0 Å². The van der Waals surface area contributed by atoms with E-state index >= 15 is 0 Å². The minimum Gasteiger partial charge on any atom is -0.484 e. The Labute approximate surface area is 131 Å². The van der Waals surface area contributed by atoms with Crippen molar-refractivity contribution in [3.8, 4) is 5.75 Å². The zero-order valence-corrected chi connectivity index (χ0v) is 13.9. The van der Waals surface area contributed by atoms with Gasteiger partial charge in [-0.25, -0.2) is 8.42 Å². The number of nitrogens with zero attached hydrogens (tertiary/aromatic N) is 1. The molecule has 2 aliphatic rings. The van der Waals surface area contributed by atoms with Gasteiger partial charge in [0.15, 0.2) is 0 Å². The lowest BCUT2D eigenvalue weighted by Gasteiger charge is -2.33. The average molecular weight is 325 g/mol. The largest absolute Gasteiger partial charge is 0.484 e. The Morgan fingerprint density at radius 3 is 2.86 bits per heavy atom. The van der Waals surface area contributed by atoms with Crippen molar-refractivity contribution in [1.82, 2.24) is 9.62 Å². The molecular weight excluding hydrogens is 302 g/mol. The molecule has 7 heteroatoms. The lowest BCUT2D eigenvalue weighted by atomic mass is 10.1. The first-order valence-electron chi connectivity index (χ1n) is 7.66. The Balaban J connectivity index is 1.88. The molecule has 0 unspecified atom stereocenters. The molecule has 1 aromatic rings. The maximum atomic E-state index is 12.8. The highest BCUT2D eigenvalue weighted by atomic mass is 32.2. The number of hydrogen-bond acceptors (Lipinski definition) is 5. The highest BCUT2D eigenvalue weighted by Crippen LogP contribution is 2.35. The van der Waals surface area contributed by atoms with E-state index in [0.29, 0.717) is 36.8 Å². The second-order valence-corrected chi connectivity index (χ2v) is 8.32. The highest BCUT2D eigenvalue weighted by Gasteiger charge is 2.29. The lowest BCUT2D eigenvalue weighted by Crippen LogP contribution is -2.40. The van der Waals surface area contributed by atoms with Gasteiger partial charge in [0.05, 0.1) is 17.1 Å². The number of hydrogen-bond donors (Lipinski definition) is 2. The van der Waals surface area contributed by atoms with Gasteiger partial charge in [0.1, 0.15) is 11.4 Å². The lowest BCUT2D eigenvalue weighted by molar-refractivity contribution is 0.116. The van der Waals surface area contributed by atoms with Crippen LogP contribution in [0.1, 0.15) is 20.3 Å². The topological polar surface area (TPSA) is 70.7 Å². The normalized spacial score (nSPS) is 22.1. The van der Waals surface area contributed by atoms with Gasteiger partial charge in [0, 0.05) is 19.6 Å². The second kappa shape index (κ2) is 5.72. The van der Waals surface area contributed by atoms with Gasteiger partial charge >= 0.3 is 0 Å². The molecule has 2 heterocycles. The van der Waals surface area contributed by atoms with E-state index in [1.54, 1.807) is 22.5 Å². The summed E-state index contributed by atoms with van der Waals surface area (Å²) in [5.41, 5.74) is 0.456. The van der Waals surface area contributed by atoms with Crippen LogP contribution in [-0.4, -0.2) is 51.0 Å². The monoisotopic (exact) mass is 325 g/mol. The minimum absolute atomic E-state index is 0.288. The van der Waals surface area contributed by atoms with Crippen molar-refractivity contribution in [2.24, 2.45) is 0 Å². The van der Waals surface area contributed by atoms with E-state index in [-0.39, 0.29) is 5.60 Å². The second-order valence-electron chi connectivity index (χ2n) is 6.38. The van der Waals surface area contributed by atoms with Gasteiger partial charge in [-0.05, 0) is 45.0 Å². The van der Waals surface area contributed by atoms with E-state index in [1.165, 1.54) is 0 Å². The Morgan fingerprint density at radius 2 is 2.05 bits per heavy atom. The molecule has 3 rings (SSSR count). The SMILES string of the molecule is CC1(C)CNc2cc(S(=O)(=O)N3CCCNCC3)ccc2O1. The van der Waals surface area contributed by atoms with Gasteiger partial charge in [-0.2, -0.15) is 4.31 Å². The van der Waals surface area contributed by atoms with Crippen molar-refractivity contribution < 1.29 is 13.2 Å². The van der Waals surface area contributed by atoms with Crippen LogP contribution < -0.4 is 15.4 Å². The summed E-state index contributed by atoms with van der Waals surface area (Å²) in [6.07, 6.45) is 0.833. The number of rotatable bonds is 2. The quantitative estimate of drug-likeness (QED) is 0.856.